The highest BCUT2D eigenvalue weighted by molar-refractivity contribution is 7.99. The van der Waals surface area contributed by atoms with Crippen LogP contribution in [0.5, 0.6) is 0 Å². The molecule has 0 atom stereocenters. The second-order valence-electron chi connectivity index (χ2n) is 2.14. The van der Waals surface area contributed by atoms with E-state index in [9.17, 15) is 9.59 Å². The molecule has 4 heteroatoms. The highest BCUT2D eigenvalue weighted by atomic mass is 32.2. The number of carbonyl (C=O) groups is 1. The van der Waals surface area contributed by atoms with Gasteiger partial charge in [0, 0.05) is 12.3 Å². The van der Waals surface area contributed by atoms with Gasteiger partial charge in [-0.1, -0.05) is 6.92 Å². The number of aromatic amines is 1. The molecule has 12 heavy (non-hydrogen) atoms. The van der Waals surface area contributed by atoms with Gasteiger partial charge in [0.15, 0.2) is 11.7 Å². The largest absolute Gasteiger partial charge is 0.358 e. The number of thioether (sulfide) groups is 1. The monoisotopic (exact) mass is 183 g/mol. The van der Waals surface area contributed by atoms with E-state index >= 15 is 0 Å². The van der Waals surface area contributed by atoms with Gasteiger partial charge in [-0.3, -0.25) is 9.59 Å². The van der Waals surface area contributed by atoms with Crippen LogP contribution in [0, 0.1) is 0 Å². The molecule has 1 rings (SSSR count). The molecule has 0 aliphatic carbocycles. The zero-order valence-corrected chi connectivity index (χ0v) is 7.48. The number of hydrogen-bond donors (Lipinski definition) is 1. The second kappa shape index (κ2) is 4.11. The molecule has 0 aliphatic rings. The van der Waals surface area contributed by atoms with Gasteiger partial charge >= 0.3 is 0 Å². The SMILES string of the molecule is CCSc1c(C=O)[nH]ccc1=O. The summed E-state index contributed by atoms with van der Waals surface area (Å²) >= 11 is 1.38. The molecule has 64 valence electrons. The Labute approximate surface area is 74.2 Å². The molecule has 0 saturated heterocycles. The Morgan fingerprint density at radius 1 is 1.67 bits per heavy atom. The molecule has 0 amide bonds. The van der Waals surface area contributed by atoms with Crippen molar-refractivity contribution in [3.8, 4) is 0 Å². The van der Waals surface area contributed by atoms with Crippen LogP contribution < -0.4 is 5.43 Å². The normalized spacial score (nSPS) is 9.75. The lowest BCUT2D eigenvalue weighted by Crippen LogP contribution is -2.07. The summed E-state index contributed by atoms with van der Waals surface area (Å²) in [6.45, 7) is 1.94. The topological polar surface area (TPSA) is 49.9 Å². The summed E-state index contributed by atoms with van der Waals surface area (Å²) in [5.41, 5.74) is 0.275. The first-order valence-electron chi connectivity index (χ1n) is 3.59. The Kier molecular flexibility index (Phi) is 3.10. The van der Waals surface area contributed by atoms with Crippen LogP contribution in [0.3, 0.4) is 0 Å². The number of aldehydes is 1. The number of H-pyrrole nitrogens is 1. The van der Waals surface area contributed by atoms with Crippen LogP contribution in [0.1, 0.15) is 17.4 Å². The van der Waals surface area contributed by atoms with Crippen molar-refractivity contribution in [2.75, 3.05) is 5.75 Å². The highest BCUT2D eigenvalue weighted by Crippen LogP contribution is 2.14. The molecule has 0 saturated carbocycles. The Morgan fingerprint density at radius 2 is 2.42 bits per heavy atom. The lowest BCUT2D eigenvalue weighted by Gasteiger charge is -1.99. The number of pyridine rings is 1. The van der Waals surface area contributed by atoms with Gasteiger partial charge in [-0.15, -0.1) is 11.8 Å². The summed E-state index contributed by atoms with van der Waals surface area (Å²) in [5, 5.41) is 0. The van der Waals surface area contributed by atoms with Crippen molar-refractivity contribution in [1.82, 2.24) is 4.98 Å². The Morgan fingerprint density at radius 3 is 3.00 bits per heavy atom. The lowest BCUT2D eigenvalue weighted by molar-refractivity contribution is 0.111. The maximum absolute atomic E-state index is 11.2. The van der Waals surface area contributed by atoms with Crippen molar-refractivity contribution in [2.24, 2.45) is 0 Å². The molecule has 3 nitrogen and oxygen atoms in total. The van der Waals surface area contributed by atoms with Gasteiger partial charge in [0.05, 0.1) is 10.6 Å². The van der Waals surface area contributed by atoms with Gasteiger partial charge < -0.3 is 4.98 Å². The molecule has 0 unspecified atom stereocenters. The van der Waals surface area contributed by atoms with Crippen LogP contribution in [0.25, 0.3) is 0 Å². The van der Waals surface area contributed by atoms with E-state index in [-0.39, 0.29) is 5.43 Å². The first-order chi connectivity index (χ1) is 5.79. The standard InChI is InChI=1S/C8H9NO2S/c1-2-12-8-6(5-10)9-4-3-7(8)11/h3-5H,2H2,1H3,(H,9,11). The van der Waals surface area contributed by atoms with Crippen molar-refractivity contribution >= 4 is 18.0 Å². The summed E-state index contributed by atoms with van der Waals surface area (Å²) < 4.78 is 0. The molecule has 0 bridgehead atoms. The quantitative estimate of drug-likeness (QED) is 0.567. The average Bonchev–Trinajstić information content (AvgIpc) is 2.09. The summed E-state index contributed by atoms with van der Waals surface area (Å²) in [5.74, 6) is 0.786. The van der Waals surface area contributed by atoms with Crippen LogP contribution in [-0.4, -0.2) is 17.0 Å². The number of aromatic nitrogens is 1. The van der Waals surface area contributed by atoms with Crippen LogP contribution >= 0.6 is 11.8 Å². The van der Waals surface area contributed by atoms with E-state index in [1.165, 1.54) is 24.0 Å². The summed E-state index contributed by atoms with van der Waals surface area (Å²) in [7, 11) is 0. The van der Waals surface area contributed by atoms with Crippen LogP contribution in [0.15, 0.2) is 22.0 Å². The predicted octanol–water partition coefficient (Wildman–Crippen LogP) is 1.30. The number of hydrogen-bond acceptors (Lipinski definition) is 3. The van der Waals surface area contributed by atoms with Crippen LogP contribution in [0.4, 0.5) is 0 Å². The van der Waals surface area contributed by atoms with Gasteiger partial charge in [0.1, 0.15) is 0 Å². The van der Waals surface area contributed by atoms with E-state index in [1.54, 1.807) is 0 Å². The minimum atomic E-state index is -0.0947. The molecule has 0 aliphatic heterocycles. The van der Waals surface area contributed by atoms with E-state index < -0.39 is 0 Å². The summed E-state index contributed by atoms with van der Waals surface area (Å²) in [6, 6.07) is 1.42. The molecule has 1 N–H and O–H groups in total. The fourth-order valence-electron chi connectivity index (χ4n) is 0.862. The Bertz CT molecular complexity index is 332. The number of nitrogens with one attached hydrogen (secondary N) is 1. The van der Waals surface area contributed by atoms with Gasteiger partial charge in [-0.25, -0.2) is 0 Å². The first-order valence-corrected chi connectivity index (χ1v) is 4.57. The van der Waals surface area contributed by atoms with Crippen LogP contribution in [0.2, 0.25) is 0 Å². The summed E-state index contributed by atoms with van der Waals surface area (Å²) in [4.78, 5) is 24.9. The average molecular weight is 183 g/mol. The minimum absolute atomic E-state index is 0.0947. The van der Waals surface area contributed by atoms with Gasteiger partial charge in [0.2, 0.25) is 0 Å². The first kappa shape index (κ1) is 9.06. The Hall–Kier alpha value is -1.03. The van der Waals surface area contributed by atoms with Crippen molar-refractivity contribution in [3.05, 3.63) is 28.2 Å². The van der Waals surface area contributed by atoms with Crippen molar-refractivity contribution in [1.29, 1.82) is 0 Å². The van der Waals surface area contributed by atoms with E-state index in [0.717, 1.165) is 5.75 Å². The van der Waals surface area contributed by atoms with Crippen molar-refractivity contribution in [3.63, 3.8) is 0 Å². The third-order valence-corrected chi connectivity index (χ3v) is 2.35. The fraction of sp³-hybridized carbons (Fsp3) is 0.250. The maximum atomic E-state index is 11.2. The molecule has 1 aromatic rings. The van der Waals surface area contributed by atoms with E-state index in [2.05, 4.69) is 4.98 Å². The van der Waals surface area contributed by atoms with E-state index in [0.29, 0.717) is 16.9 Å². The molecule has 0 radical (unpaired) electrons. The minimum Gasteiger partial charge on any atom is -0.358 e. The molecular weight excluding hydrogens is 174 g/mol. The van der Waals surface area contributed by atoms with Gasteiger partial charge in [-0.05, 0) is 5.75 Å². The van der Waals surface area contributed by atoms with Crippen molar-refractivity contribution in [2.45, 2.75) is 11.8 Å². The van der Waals surface area contributed by atoms with E-state index in [4.69, 9.17) is 0 Å². The predicted molar refractivity (Wildman–Crippen MR) is 48.8 cm³/mol. The van der Waals surface area contributed by atoms with E-state index in [1.807, 2.05) is 6.92 Å². The third kappa shape index (κ3) is 1.76. The third-order valence-electron chi connectivity index (χ3n) is 1.35. The fourth-order valence-corrected chi connectivity index (χ4v) is 1.62. The van der Waals surface area contributed by atoms with Gasteiger partial charge in [-0.2, -0.15) is 0 Å². The molecular formula is C8H9NO2S. The lowest BCUT2D eigenvalue weighted by atomic mass is 10.4. The zero-order chi connectivity index (χ0) is 8.97. The number of carbonyl (C=O) groups excluding carboxylic acids is 1. The molecule has 0 fully saturated rings. The van der Waals surface area contributed by atoms with Crippen LogP contribution in [-0.2, 0) is 0 Å². The molecule has 1 aromatic heterocycles. The molecule has 1 heterocycles. The molecule has 0 spiro atoms. The van der Waals surface area contributed by atoms with Crippen molar-refractivity contribution < 1.29 is 4.79 Å². The smallest absolute Gasteiger partial charge is 0.195 e. The van der Waals surface area contributed by atoms with Gasteiger partial charge in [0.25, 0.3) is 0 Å². The zero-order valence-electron chi connectivity index (χ0n) is 6.66. The molecule has 0 aromatic carbocycles. The second-order valence-corrected chi connectivity index (χ2v) is 3.41. The Balaban J connectivity index is 3.19. The highest BCUT2D eigenvalue weighted by Gasteiger charge is 2.04. The summed E-state index contributed by atoms with van der Waals surface area (Å²) in [6.07, 6.45) is 2.14. The number of rotatable bonds is 3. The maximum Gasteiger partial charge on any atom is 0.195 e.